The highest BCUT2D eigenvalue weighted by atomic mass is 32.1. The summed E-state index contributed by atoms with van der Waals surface area (Å²) < 4.78 is 11.4. The third-order valence-corrected chi connectivity index (χ3v) is 9.55. The lowest BCUT2D eigenvalue weighted by atomic mass is 9.91. The van der Waals surface area contributed by atoms with E-state index in [4.69, 9.17) is 9.26 Å². The molecule has 0 radical (unpaired) electrons. The van der Waals surface area contributed by atoms with Gasteiger partial charge in [0.05, 0.1) is 28.2 Å². The molecule has 2 aliphatic heterocycles. The van der Waals surface area contributed by atoms with Gasteiger partial charge in [-0.25, -0.2) is 4.98 Å². The number of piperidine rings is 1. The number of amides is 2. The number of likely N-dealkylation sites (tertiary alicyclic amines) is 2. The van der Waals surface area contributed by atoms with Crippen molar-refractivity contribution >= 4 is 23.2 Å². The number of aliphatic hydroxyl groups excluding tert-OH is 1. The molecule has 2 N–H and O–H groups in total. The number of aliphatic hydroxyl groups is 1. The zero-order valence-corrected chi connectivity index (χ0v) is 26.3. The molecule has 43 heavy (non-hydrogen) atoms. The minimum absolute atomic E-state index is 0.0583. The van der Waals surface area contributed by atoms with Gasteiger partial charge < -0.3 is 24.6 Å². The van der Waals surface area contributed by atoms with Gasteiger partial charge in [0, 0.05) is 32.2 Å². The number of rotatable bonds is 11. The highest BCUT2D eigenvalue weighted by molar-refractivity contribution is 7.13. The lowest BCUT2D eigenvalue weighted by molar-refractivity contribution is -0.141. The molecule has 2 amide bonds. The Kier molecular flexibility index (Phi) is 10.1. The molecule has 2 aliphatic rings. The van der Waals surface area contributed by atoms with Crippen molar-refractivity contribution in [2.45, 2.75) is 77.5 Å². The second kappa shape index (κ2) is 14.0. The Balaban J connectivity index is 1.18. The maximum atomic E-state index is 13.9. The fourth-order valence-electron chi connectivity index (χ4n) is 6.02. The van der Waals surface area contributed by atoms with Gasteiger partial charge in [-0.05, 0) is 61.7 Å². The normalized spacial score (nSPS) is 19.5. The van der Waals surface area contributed by atoms with Crippen LogP contribution in [0.15, 0.2) is 40.4 Å². The van der Waals surface area contributed by atoms with Crippen LogP contribution in [-0.4, -0.2) is 81.8 Å². The first-order chi connectivity index (χ1) is 20.7. The van der Waals surface area contributed by atoms with Crippen LogP contribution >= 0.6 is 11.3 Å². The molecular weight excluding hydrogens is 566 g/mol. The SMILES string of the molecule is Cc1ncsc1-c1ccc(C(C)NC(=O)C2CCCN2C(=O)C(c2cc(OCCN3CCC(O)CC3)no2)C(C)C)cc1. The van der Waals surface area contributed by atoms with E-state index in [0.717, 1.165) is 60.6 Å². The first-order valence-electron chi connectivity index (χ1n) is 15.3. The Morgan fingerprint density at radius 2 is 1.88 bits per heavy atom. The van der Waals surface area contributed by atoms with Gasteiger partial charge in [-0.3, -0.25) is 14.5 Å². The molecule has 3 aromatic rings. The topological polar surface area (TPSA) is 121 Å². The molecule has 0 spiro atoms. The van der Waals surface area contributed by atoms with Crippen LogP contribution in [0.5, 0.6) is 5.88 Å². The summed E-state index contributed by atoms with van der Waals surface area (Å²) in [5, 5.41) is 16.9. The van der Waals surface area contributed by atoms with Crippen molar-refractivity contribution in [3.05, 3.63) is 52.9 Å². The highest BCUT2D eigenvalue weighted by Crippen LogP contribution is 2.33. The summed E-state index contributed by atoms with van der Waals surface area (Å²) in [5.41, 5.74) is 4.97. The number of hydrogen-bond acceptors (Lipinski definition) is 9. The maximum Gasteiger partial charge on any atom is 0.254 e. The first kappa shape index (κ1) is 31.2. The molecule has 11 heteroatoms. The van der Waals surface area contributed by atoms with Crippen molar-refractivity contribution in [3.8, 4) is 16.3 Å². The second-order valence-corrected chi connectivity index (χ2v) is 12.9. The Bertz CT molecular complexity index is 1360. The van der Waals surface area contributed by atoms with E-state index in [0.29, 0.717) is 31.2 Å². The second-order valence-electron chi connectivity index (χ2n) is 12.0. The van der Waals surface area contributed by atoms with Crippen molar-refractivity contribution in [1.82, 2.24) is 25.3 Å². The molecule has 0 bridgehead atoms. The molecule has 0 saturated carbocycles. The predicted molar refractivity (Wildman–Crippen MR) is 165 cm³/mol. The van der Waals surface area contributed by atoms with E-state index in [2.05, 4.69) is 32.5 Å². The van der Waals surface area contributed by atoms with Crippen LogP contribution in [0.2, 0.25) is 0 Å². The van der Waals surface area contributed by atoms with E-state index in [-0.39, 0.29) is 29.9 Å². The molecule has 3 atom stereocenters. The summed E-state index contributed by atoms with van der Waals surface area (Å²) in [7, 11) is 0. The Hall–Kier alpha value is -3.28. The lowest BCUT2D eigenvalue weighted by Gasteiger charge is -2.29. The molecule has 10 nitrogen and oxygen atoms in total. The Morgan fingerprint density at radius 1 is 1.14 bits per heavy atom. The quantitative estimate of drug-likeness (QED) is 0.325. The van der Waals surface area contributed by atoms with Crippen LogP contribution < -0.4 is 10.1 Å². The summed E-state index contributed by atoms with van der Waals surface area (Å²) in [6.07, 6.45) is 2.74. The number of aromatic nitrogens is 2. The molecular formula is C32H43N5O5S. The summed E-state index contributed by atoms with van der Waals surface area (Å²) in [4.78, 5) is 36.8. The van der Waals surface area contributed by atoms with Crippen LogP contribution in [0.1, 0.15) is 75.4 Å². The molecule has 2 fully saturated rings. The zero-order valence-electron chi connectivity index (χ0n) is 25.5. The number of nitrogens with zero attached hydrogens (tertiary/aromatic N) is 4. The number of benzene rings is 1. The maximum absolute atomic E-state index is 13.9. The fraction of sp³-hybridized carbons (Fsp3) is 0.562. The van der Waals surface area contributed by atoms with Crippen LogP contribution in [0.3, 0.4) is 0 Å². The zero-order chi connectivity index (χ0) is 30.5. The summed E-state index contributed by atoms with van der Waals surface area (Å²) in [5.74, 6) is -0.0911. The van der Waals surface area contributed by atoms with Crippen molar-refractivity contribution in [1.29, 1.82) is 0 Å². The van der Waals surface area contributed by atoms with Crippen molar-refractivity contribution in [2.75, 3.05) is 32.8 Å². The Morgan fingerprint density at radius 3 is 2.56 bits per heavy atom. The number of carbonyl (C=O) groups is 2. The van der Waals surface area contributed by atoms with Crippen LogP contribution in [0, 0.1) is 12.8 Å². The van der Waals surface area contributed by atoms with E-state index in [9.17, 15) is 14.7 Å². The van der Waals surface area contributed by atoms with Crippen molar-refractivity contribution < 1.29 is 24.0 Å². The molecule has 4 heterocycles. The van der Waals surface area contributed by atoms with Crippen LogP contribution in [0.4, 0.5) is 0 Å². The van der Waals surface area contributed by atoms with Gasteiger partial charge in [-0.2, -0.15) is 0 Å². The number of nitrogens with one attached hydrogen (secondary N) is 1. The van der Waals surface area contributed by atoms with Gasteiger partial charge in [0.2, 0.25) is 11.8 Å². The largest absolute Gasteiger partial charge is 0.474 e. The highest BCUT2D eigenvalue weighted by Gasteiger charge is 2.40. The third kappa shape index (κ3) is 7.45. The molecule has 0 aliphatic carbocycles. The van der Waals surface area contributed by atoms with Gasteiger partial charge in [-0.1, -0.05) is 38.1 Å². The first-order valence-corrected chi connectivity index (χ1v) is 16.2. The number of hydrogen-bond donors (Lipinski definition) is 2. The minimum Gasteiger partial charge on any atom is -0.474 e. The molecule has 5 rings (SSSR count). The number of thiazole rings is 1. The van der Waals surface area contributed by atoms with E-state index in [1.807, 2.05) is 45.3 Å². The van der Waals surface area contributed by atoms with Crippen molar-refractivity contribution in [3.63, 3.8) is 0 Å². The van der Waals surface area contributed by atoms with E-state index < -0.39 is 12.0 Å². The standard InChI is InChI=1S/C32H43N5O5S/c1-20(2)29(27-18-28(35-42-27)41-17-16-36-14-11-25(38)12-15-36)32(40)37-13-5-6-26(37)31(39)34-21(3)23-7-9-24(10-8-23)30-22(4)33-19-43-30/h7-10,18-21,25-26,29,38H,5-6,11-17H2,1-4H3,(H,34,39). The van der Waals surface area contributed by atoms with Gasteiger partial charge in [0.25, 0.3) is 5.88 Å². The smallest absolute Gasteiger partial charge is 0.254 e. The molecule has 232 valence electrons. The molecule has 2 aromatic heterocycles. The number of aryl methyl sites for hydroxylation is 1. The fourth-order valence-corrected chi connectivity index (χ4v) is 6.83. The summed E-state index contributed by atoms with van der Waals surface area (Å²) in [6, 6.07) is 9.16. The summed E-state index contributed by atoms with van der Waals surface area (Å²) in [6.45, 7) is 11.3. The minimum atomic E-state index is -0.568. The lowest BCUT2D eigenvalue weighted by Crippen LogP contribution is -2.48. The monoisotopic (exact) mass is 609 g/mol. The van der Waals surface area contributed by atoms with Crippen LogP contribution in [0.25, 0.3) is 10.4 Å². The van der Waals surface area contributed by atoms with Gasteiger partial charge >= 0.3 is 0 Å². The van der Waals surface area contributed by atoms with Gasteiger partial charge in [0.1, 0.15) is 18.6 Å². The van der Waals surface area contributed by atoms with E-state index in [1.165, 1.54) is 0 Å². The molecule has 1 aromatic carbocycles. The predicted octanol–water partition coefficient (Wildman–Crippen LogP) is 4.55. The summed E-state index contributed by atoms with van der Waals surface area (Å²) >= 11 is 1.62. The molecule has 3 unspecified atom stereocenters. The van der Waals surface area contributed by atoms with Crippen molar-refractivity contribution in [2.24, 2.45) is 5.92 Å². The number of ether oxygens (including phenoxy) is 1. The average Bonchev–Trinajstić information content (AvgIpc) is 3.76. The van der Waals surface area contributed by atoms with E-state index in [1.54, 1.807) is 22.3 Å². The average molecular weight is 610 g/mol. The van der Waals surface area contributed by atoms with E-state index >= 15 is 0 Å². The third-order valence-electron chi connectivity index (χ3n) is 8.58. The van der Waals surface area contributed by atoms with Crippen LogP contribution in [-0.2, 0) is 9.59 Å². The molecule has 2 saturated heterocycles. The van der Waals surface area contributed by atoms with Gasteiger partial charge in [0.15, 0.2) is 5.76 Å². The Labute approximate surface area is 257 Å². The number of carbonyl (C=O) groups excluding carboxylic acids is 2. The van der Waals surface area contributed by atoms with Gasteiger partial charge in [-0.15, -0.1) is 11.3 Å².